The van der Waals surface area contributed by atoms with Gasteiger partial charge in [0, 0.05) is 37.8 Å². The summed E-state index contributed by atoms with van der Waals surface area (Å²) in [5.74, 6) is 0.740. The van der Waals surface area contributed by atoms with Crippen molar-refractivity contribution in [3.63, 3.8) is 0 Å². The van der Waals surface area contributed by atoms with Gasteiger partial charge in [-0.2, -0.15) is 0 Å². The van der Waals surface area contributed by atoms with Crippen LogP contribution in [0.15, 0.2) is 48.5 Å². The van der Waals surface area contributed by atoms with Crippen LogP contribution in [0.25, 0.3) is 6.08 Å². The number of ether oxygens (including phenoxy) is 2. The molecule has 0 aromatic heterocycles. The highest BCUT2D eigenvalue weighted by molar-refractivity contribution is 5.95. The molecule has 0 unspecified atom stereocenters. The third kappa shape index (κ3) is 3.83. The quantitative estimate of drug-likeness (QED) is 0.766. The van der Waals surface area contributed by atoms with Gasteiger partial charge in [0.1, 0.15) is 5.82 Å². The molecule has 2 aliphatic rings. The lowest BCUT2D eigenvalue weighted by Crippen LogP contribution is -2.50. The van der Waals surface area contributed by atoms with Crippen LogP contribution in [0.3, 0.4) is 0 Å². The van der Waals surface area contributed by atoms with E-state index in [4.69, 9.17) is 9.47 Å². The minimum absolute atomic E-state index is 0.105. The number of benzene rings is 2. The first-order chi connectivity index (χ1) is 13.6. The van der Waals surface area contributed by atoms with E-state index in [2.05, 4.69) is 0 Å². The van der Waals surface area contributed by atoms with E-state index in [-0.39, 0.29) is 24.4 Å². The van der Waals surface area contributed by atoms with E-state index in [1.54, 1.807) is 15.9 Å². The van der Waals surface area contributed by atoms with Crippen LogP contribution in [-0.4, -0.2) is 54.6 Å². The molecule has 144 valence electrons. The molecule has 1 saturated heterocycles. The van der Waals surface area contributed by atoms with Gasteiger partial charge in [-0.1, -0.05) is 6.07 Å². The predicted octanol–water partition coefficient (Wildman–Crippen LogP) is 2.55. The van der Waals surface area contributed by atoms with Crippen LogP contribution in [0.1, 0.15) is 15.9 Å². The Labute approximate surface area is 161 Å². The number of fused-ring (bicyclic) bond motifs is 1. The average Bonchev–Trinajstić information content (AvgIpc) is 3.20. The molecule has 4 rings (SSSR count). The second-order valence-corrected chi connectivity index (χ2v) is 6.57. The number of piperazine rings is 1. The zero-order valence-corrected chi connectivity index (χ0v) is 15.1. The van der Waals surface area contributed by atoms with Crippen molar-refractivity contribution < 1.29 is 23.5 Å². The first-order valence-electron chi connectivity index (χ1n) is 9.02. The van der Waals surface area contributed by atoms with E-state index in [0.717, 1.165) is 5.56 Å². The van der Waals surface area contributed by atoms with Crippen LogP contribution >= 0.6 is 0 Å². The van der Waals surface area contributed by atoms with E-state index in [0.29, 0.717) is 43.2 Å². The molecule has 0 N–H and O–H groups in total. The van der Waals surface area contributed by atoms with E-state index in [1.165, 1.54) is 30.3 Å². The van der Waals surface area contributed by atoms with Gasteiger partial charge in [0.25, 0.3) is 5.91 Å². The Bertz CT molecular complexity index is 919. The first kappa shape index (κ1) is 18.0. The SMILES string of the molecule is O=C(C=Cc1ccc2c(c1)OCO2)N1CCN(C(=O)c2ccc(F)cc2)CC1. The fourth-order valence-corrected chi connectivity index (χ4v) is 3.19. The Balaban J connectivity index is 1.32. The molecule has 2 amide bonds. The molecule has 0 bridgehead atoms. The lowest BCUT2D eigenvalue weighted by Gasteiger charge is -2.34. The Morgan fingerprint density at radius 1 is 0.893 bits per heavy atom. The van der Waals surface area contributed by atoms with Crippen molar-refractivity contribution in [3.8, 4) is 11.5 Å². The molecule has 0 aliphatic carbocycles. The topological polar surface area (TPSA) is 59.1 Å². The van der Waals surface area contributed by atoms with E-state index >= 15 is 0 Å². The number of carbonyl (C=O) groups excluding carboxylic acids is 2. The van der Waals surface area contributed by atoms with Gasteiger partial charge in [-0.3, -0.25) is 9.59 Å². The summed E-state index contributed by atoms with van der Waals surface area (Å²) in [6.45, 7) is 2.01. The monoisotopic (exact) mass is 382 g/mol. The van der Waals surface area contributed by atoms with Crippen LogP contribution < -0.4 is 9.47 Å². The molecule has 6 nitrogen and oxygen atoms in total. The average molecular weight is 382 g/mol. The molecule has 2 aromatic rings. The number of rotatable bonds is 3. The predicted molar refractivity (Wildman–Crippen MR) is 100 cm³/mol. The summed E-state index contributed by atoms with van der Waals surface area (Å²) in [5, 5.41) is 0. The van der Waals surface area contributed by atoms with Crippen LogP contribution in [0.2, 0.25) is 0 Å². The van der Waals surface area contributed by atoms with Gasteiger partial charge < -0.3 is 19.3 Å². The highest BCUT2D eigenvalue weighted by Gasteiger charge is 2.24. The number of carbonyl (C=O) groups is 2. The normalized spacial score (nSPS) is 15.9. The zero-order chi connectivity index (χ0) is 19.5. The van der Waals surface area contributed by atoms with E-state index in [9.17, 15) is 14.0 Å². The minimum atomic E-state index is -0.374. The second-order valence-electron chi connectivity index (χ2n) is 6.57. The maximum absolute atomic E-state index is 13.0. The van der Waals surface area contributed by atoms with Gasteiger partial charge in [-0.25, -0.2) is 4.39 Å². The zero-order valence-electron chi connectivity index (χ0n) is 15.1. The molecular weight excluding hydrogens is 363 g/mol. The Morgan fingerprint density at radius 3 is 2.32 bits per heavy atom. The Hall–Kier alpha value is -3.35. The molecular formula is C21H19FN2O4. The second kappa shape index (κ2) is 7.72. The highest BCUT2D eigenvalue weighted by Crippen LogP contribution is 2.32. The number of hydrogen-bond donors (Lipinski definition) is 0. The van der Waals surface area contributed by atoms with Gasteiger partial charge in [0.15, 0.2) is 11.5 Å². The largest absolute Gasteiger partial charge is 0.454 e. The van der Waals surface area contributed by atoms with Crippen molar-refractivity contribution in [2.75, 3.05) is 33.0 Å². The summed E-state index contributed by atoms with van der Waals surface area (Å²) < 4.78 is 23.6. The molecule has 2 heterocycles. The third-order valence-corrected chi connectivity index (χ3v) is 4.78. The summed E-state index contributed by atoms with van der Waals surface area (Å²) >= 11 is 0. The fraction of sp³-hybridized carbons (Fsp3) is 0.238. The molecule has 28 heavy (non-hydrogen) atoms. The molecule has 7 heteroatoms. The highest BCUT2D eigenvalue weighted by atomic mass is 19.1. The number of halogens is 1. The molecule has 2 aliphatic heterocycles. The lowest BCUT2D eigenvalue weighted by atomic mass is 10.1. The smallest absolute Gasteiger partial charge is 0.253 e. The van der Waals surface area contributed by atoms with Crippen molar-refractivity contribution in [1.29, 1.82) is 0 Å². The van der Waals surface area contributed by atoms with Gasteiger partial charge >= 0.3 is 0 Å². The van der Waals surface area contributed by atoms with Gasteiger partial charge in [-0.05, 0) is 48.0 Å². The van der Waals surface area contributed by atoms with E-state index in [1.807, 2.05) is 18.2 Å². The Kier molecular flexibility index (Phi) is 4.97. The molecule has 0 atom stereocenters. The summed E-state index contributed by atoms with van der Waals surface area (Å²) in [6.07, 6.45) is 3.26. The number of nitrogens with zero attached hydrogens (tertiary/aromatic N) is 2. The lowest BCUT2D eigenvalue weighted by molar-refractivity contribution is -0.127. The maximum Gasteiger partial charge on any atom is 0.253 e. The van der Waals surface area contributed by atoms with Gasteiger partial charge in [0.05, 0.1) is 0 Å². The van der Waals surface area contributed by atoms with E-state index < -0.39 is 0 Å². The van der Waals surface area contributed by atoms with Crippen LogP contribution in [0.5, 0.6) is 11.5 Å². The summed E-state index contributed by atoms with van der Waals surface area (Å²) in [7, 11) is 0. The standard InChI is InChI=1S/C21H19FN2O4/c22-17-5-3-16(4-6-17)21(26)24-11-9-23(10-12-24)20(25)8-2-15-1-7-18-19(13-15)28-14-27-18/h1-8,13H,9-12,14H2. The number of hydrogen-bond acceptors (Lipinski definition) is 4. The third-order valence-electron chi connectivity index (χ3n) is 4.78. The van der Waals surface area contributed by atoms with Crippen molar-refractivity contribution in [2.45, 2.75) is 0 Å². The van der Waals surface area contributed by atoms with Crippen molar-refractivity contribution in [3.05, 3.63) is 65.5 Å². The van der Waals surface area contributed by atoms with Crippen LogP contribution in [0, 0.1) is 5.82 Å². The molecule has 0 saturated carbocycles. The van der Waals surface area contributed by atoms with Crippen molar-refractivity contribution >= 4 is 17.9 Å². The molecule has 2 aromatic carbocycles. The first-order valence-corrected chi connectivity index (χ1v) is 9.02. The van der Waals surface area contributed by atoms with Crippen LogP contribution in [-0.2, 0) is 4.79 Å². The summed E-state index contributed by atoms with van der Waals surface area (Å²) in [6, 6.07) is 11.0. The van der Waals surface area contributed by atoms with Gasteiger partial charge in [-0.15, -0.1) is 0 Å². The van der Waals surface area contributed by atoms with Crippen LogP contribution in [0.4, 0.5) is 4.39 Å². The summed E-state index contributed by atoms with van der Waals surface area (Å²) in [5.41, 5.74) is 1.30. The Morgan fingerprint density at radius 2 is 1.57 bits per heavy atom. The van der Waals surface area contributed by atoms with Crippen molar-refractivity contribution in [2.24, 2.45) is 0 Å². The number of amides is 2. The molecule has 0 radical (unpaired) electrons. The molecule has 1 fully saturated rings. The maximum atomic E-state index is 13.0. The van der Waals surface area contributed by atoms with Crippen molar-refractivity contribution in [1.82, 2.24) is 9.80 Å². The molecule has 0 spiro atoms. The minimum Gasteiger partial charge on any atom is -0.454 e. The fourth-order valence-electron chi connectivity index (χ4n) is 3.19. The summed E-state index contributed by atoms with van der Waals surface area (Å²) in [4.78, 5) is 28.3. The van der Waals surface area contributed by atoms with Gasteiger partial charge in [0.2, 0.25) is 12.7 Å².